The van der Waals surface area contributed by atoms with E-state index in [0.29, 0.717) is 17.0 Å². The van der Waals surface area contributed by atoms with Crippen LogP contribution in [0, 0.1) is 0 Å². The summed E-state index contributed by atoms with van der Waals surface area (Å²) >= 11 is 1.13. The Bertz CT molecular complexity index is 1230. The number of primary amides is 1. The minimum Gasteiger partial charge on any atom is -0.497 e. The van der Waals surface area contributed by atoms with Crippen LogP contribution >= 0.6 is 11.3 Å². The molecule has 2 aromatic carbocycles. The first-order valence-corrected chi connectivity index (χ1v) is 11.9. The molecular weight excluding hydrogens is 468 g/mol. The Morgan fingerprint density at radius 1 is 1.11 bits per heavy atom. The number of aromatic nitrogens is 1. The Morgan fingerprint density at radius 2 is 1.77 bits per heavy atom. The first-order chi connectivity index (χ1) is 16.7. The second-order valence-corrected chi connectivity index (χ2v) is 9.15. The van der Waals surface area contributed by atoms with E-state index < -0.39 is 42.0 Å². The van der Waals surface area contributed by atoms with Gasteiger partial charge in [-0.15, -0.1) is 11.3 Å². The summed E-state index contributed by atoms with van der Waals surface area (Å²) in [4.78, 5) is 46.8. The molecule has 1 aromatic heterocycles. The van der Waals surface area contributed by atoms with Crippen LogP contribution in [-0.4, -0.2) is 46.0 Å². The van der Waals surface area contributed by atoms with Crippen molar-refractivity contribution in [2.75, 3.05) is 12.0 Å². The zero-order valence-corrected chi connectivity index (χ0v) is 20.3. The quantitative estimate of drug-likeness (QED) is 0.463. The van der Waals surface area contributed by atoms with Crippen molar-refractivity contribution in [2.24, 2.45) is 5.73 Å². The van der Waals surface area contributed by atoms with Crippen molar-refractivity contribution in [2.45, 2.75) is 38.0 Å². The maximum Gasteiger partial charge on any atom is 0.334 e. The summed E-state index contributed by atoms with van der Waals surface area (Å²) in [5, 5.41) is 11.8. The van der Waals surface area contributed by atoms with Gasteiger partial charge in [0.15, 0.2) is 5.13 Å². The number of imide groups is 1. The number of anilines is 1. The molecule has 182 valence electrons. The molecule has 9 nitrogen and oxygen atoms in total. The summed E-state index contributed by atoms with van der Waals surface area (Å²) in [5.41, 5.74) is 7.43. The molecule has 1 saturated heterocycles. The zero-order valence-electron chi connectivity index (χ0n) is 19.5. The van der Waals surface area contributed by atoms with Gasteiger partial charge in [0.05, 0.1) is 18.9 Å². The van der Waals surface area contributed by atoms with Gasteiger partial charge in [-0.3, -0.25) is 14.5 Å². The lowest BCUT2D eigenvalue weighted by Crippen LogP contribution is -2.51. The number of methoxy groups -OCH3 is 1. The summed E-state index contributed by atoms with van der Waals surface area (Å²) in [7, 11) is 1.53. The van der Waals surface area contributed by atoms with Crippen LogP contribution in [0.5, 0.6) is 5.75 Å². The number of carbonyl (C=O) groups excluding carboxylic acids is 3. The van der Waals surface area contributed by atoms with E-state index >= 15 is 0 Å². The minimum absolute atomic E-state index is 0.234. The molecule has 1 fully saturated rings. The molecule has 0 radical (unpaired) electrons. The molecule has 1 aliphatic rings. The fourth-order valence-corrected chi connectivity index (χ4v) is 5.14. The van der Waals surface area contributed by atoms with Crippen molar-refractivity contribution in [1.82, 2.24) is 9.88 Å². The topological polar surface area (TPSA) is 126 Å². The predicted molar refractivity (Wildman–Crippen MR) is 131 cm³/mol. The van der Waals surface area contributed by atoms with Crippen LogP contribution in [0.15, 0.2) is 60.0 Å². The molecule has 3 N–H and O–H groups in total. The number of nitrogens with two attached hydrogens (primary N) is 1. The number of benzene rings is 2. The normalized spacial score (nSPS) is 18.5. The highest BCUT2D eigenvalue weighted by Gasteiger charge is 2.53. The SMILES string of the molecule is COc1ccc([C@@H]2C(=O)N(C(C(N)=O)C(C)c3ccccc3)C(=O)N2c2nc(C(C)O)cs2)cc1. The van der Waals surface area contributed by atoms with Gasteiger partial charge in [-0.1, -0.05) is 49.4 Å². The van der Waals surface area contributed by atoms with Gasteiger partial charge in [0, 0.05) is 11.3 Å². The van der Waals surface area contributed by atoms with Crippen molar-refractivity contribution in [3.63, 3.8) is 0 Å². The van der Waals surface area contributed by atoms with Gasteiger partial charge in [-0.05, 0) is 30.2 Å². The molecule has 4 amide bonds. The third kappa shape index (κ3) is 4.50. The van der Waals surface area contributed by atoms with Gasteiger partial charge >= 0.3 is 6.03 Å². The number of carbonyl (C=O) groups is 3. The number of hydrogen-bond donors (Lipinski definition) is 2. The van der Waals surface area contributed by atoms with Gasteiger partial charge < -0.3 is 15.6 Å². The Hall–Kier alpha value is -3.76. The predicted octanol–water partition coefficient (Wildman–Crippen LogP) is 3.37. The molecule has 4 atom stereocenters. The van der Waals surface area contributed by atoms with Crippen LogP contribution in [-0.2, 0) is 9.59 Å². The van der Waals surface area contributed by atoms with E-state index in [0.717, 1.165) is 21.8 Å². The third-order valence-electron chi connectivity index (χ3n) is 6.09. The Labute approximate surface area is 206 Å². The smallest absolute Gasteiger partial charge is 0.334 e. The summed E-state index contributed by atoms with van der Waals surface area (Å²) in [5.74, 6) is -1.32. The molecule has 0 aliphatic carbocycles. The number of aliphatic hydroxyl groups excluding tert-OH is 1. The van der Waals surface area contributed by atoms with Crippen molar-refractivity contribution in [1.29, 1.82) is 0 Å². The average Bonchev–Trinajstić information content (AvgIpc) is 3.43. The van der Waals surface area contributed by atoms with E-state index in [9.17, 15) is 19.5 Å². The van der Waals surface area contributed by atoms with E-state index in [-0.39, 0.29) is 5.13 Å². The average molecular weight is 495 g/mol. The highest BCUT2D eigenvalue weighted by atomic mass is 32.1. The second-order valence-electron chi connectivity index (χ2n) is 8.31. The molecule has 1 aliphatic heterocycles. The number of aliphatic hydroxyl groups is 1. The van der Waals surface area contributed by atoms with E-state index in [1.807, 2.05) is 30.3 Å². The molecule has 3 unspecified atom stereocenters. The summed E-state index contributed by atoms with van der Waals surface area (Å²) in [6.45, 7) is 3.32. The van der Waals surface area contributed by atoms with Gasteiger partial charge in [-0.25, -0.2) is 14.7 Å². The van der Waals surface area contributed by atoms with Crippen molar-refractivity contribution < 1.29 is 24.2 Å². The summed E-state index contributed by atoms with van der Waals surface area (Å²) in [6.07, 6.45) is -0.847. The first kappa shape index (κ1) is 24.4. The van der Waals surface area contributed by atoms with Crippen LogP contribution in [0.25, 0.3) is 0 Å². The third-order valence-corrected chi connectivity index (χ3v) is 6.94. The van der Waals surface area contributed by atoms with E-state index in [1.165, 1.54) is 12.0 Å². The number of nitrogens with zero attached hydrogens (tertiary/aromatic N) is 3. The van der Waals surface area contributed by atoms with Crippen LogP contribution in [0.2, 0.25) is 0 Å². The lowest BCUT2D eigenvalue weighted by Gasteiger charge is -2.28. The second kappa shape index (κ2) is 9.85. The van der Waals surface area contributed by atoms with Crippen LogP contribution in [0.4, 0.5) is 9.93 Å². The number of thiazole rings is 1. The Kier molecular flexibility index (Phi) is 6.86. The highest BCUT2D eigenvalue weighted by molar-refractivity contribution is 7.14. The zero-order chi connectivity index (χ0) is 25.3. The number of amides is 4. The van der Waals surface area contributed by atoms with Crippen molar-refractivity contribution in [3.05, 3.63) is 76.8 Å². The largest absolute Gasteiger partial charge is 0.497 e. The monoisotopic (exact) mass is 494 g/mol. The molecular formula is C25H26N4O5S. The molecule has 0 spiro atoms. The summed E-state index contributed by atoms with van der Waals surface area (Å²) in [6, 6.07) is 12.9. The number of ether oxygens (including phenoxy) is 1. The van der Waals surface area contributed by atoms with E-state index in [2.05, 4.69) is 4.98 Å². The standard InChI is InChI=1S/C25H26N4O5S/c1-14(16-7-5-4-6-8-16)20(22(26)31)28-23(32)21(17-9-11-18(34-3)12-10-17)29(25(28)33)24-27-19(13-35-24)15(2)30/h4-15,20-21,30H,1-3H3,(H2,26,31)/t14?,15?,20?,21-/m1/s1. The van der Waals surface area contributed by atoms with Gasteiger partial charge in [0.1, 0.15) is 17.8 Å². The van der Waals surface area contributed by atoms with E-state index in [4.69, 9.17) is 10.5 Å². The first-order valence-electron chi connectivity index (χ1n) is 11.0. The van der Waals surface area contributed by atoms with Gasteiger partial charge in [0.2, 0.25) is 5.91 Å². The maximum atomic E-state index is 13.8. The maximum absolute atomic E-state index is 13.8. The lowest BCUT2D eigenvalue weighted by molar-refractivity contribution is -0.135. The number of urea groups is 1. The van der Waals surface area contributed by atoms with E-state index in [1.54, 1.807) is 43.5 Å². The van der Waals surface area contributed by atoms with Gasteiger partial charge in [0.25, 0.3) is 5.91 Å². The molecule has 2 heterocycles. The van der Waals surface area contributed by atoms with Crippen LogP contribution in [0.3, 0.4) is 0 Å². The lowest BCUT2D eigenvalue weighted by atomic mass is 9.91. The van der Waals surface area contributed by atoms with Crippen LogP contribution in [0.1, 0.15) is 48.7 Å². The minimum atomic E-state index is -1.21. The number of rotatable bonds is 8. The Morgan fingerprint density at radius 3 is 2.31 bits per heavy atom. The molecule has 3 aromatic rings. The molecule has 10 heteroatoms. The molecule has 0 bridgehead atoms. The van der Waals surface area contributed by atoms with Crippen molar-refractivity contribution >= 4 is 34.3 Å². The van der Waals surface area contributed by atoms with Crippen LogP contribution < -0.4 is 15.4 Å². The molecule has 4 rings (SSSR count). The van der Waals surface area contributed by atoms with Crippen molar-refractivity contribution in [3.8, 4) is 5.75 Å². The fourth-order valence-electron chi connectivity index (χ4n) is 4.20. The fraction of sp³-hybridized carbons (Fsp3) is 0.280. The Balaban J connectivity index is 1.81. The number of hydrogen-bond acceptors (Lipinski definition) is 7. The van der Waals surface area contributed by atoms with Gasteiger partial charge in [-0.2, -0.15) is 0 Å². The molecule has 35 heavy (non-hydrogen) atoms. The highest BCUT2D eigenvalue weighted by Crippen LogP contribution is 2.40. The molecule has 0 saturated carbocycles. The summed E-state index contributed by atoms with van der Waals surface area (Å²) < 4.78 is 5.22.